The maximum Gasteiger partial charge on any atom is 0.147 e. The van der Waals surface area contributed by atoms with E-state index in [2.05, 4.69) is 11.6 Å². The molecule has 1 rings (SSSR count). The fraction of sp³-hybridized carbons (Fsp3) is 0.500. The van der Waals surface area contributed by atoms with Gasteiger partial charge in [0.1, 0.15) is 11.2 Å². The van der Waals surface area contributed by atoms with Crippen LogP contribution in [0.4, 0.5) is 0 Å². The minimum absolute atomic E-state index is 0.144. The number of nitrogens with two attached hydrogens (primary N) is 1. The van der Waals surface area contributed by atoms with Gasteiger partial charge in [-0.05, 0) is 30.8 Å². The summed E-state index contributed by atoms with van der Waals surface area (Å²) in [6, 6.07) is 0.144. The van der Waals surface area contributed by atoms with Crippen LogP contribution < -0.4 is 5.73 Å². The standard InChI is InChI=1S/C10H14Cl2N2/c1-2-7-4-3-5-8(7)9(13)10(12)14-6-11/h2,7H,1,3-6,13H2/b9-8+,14-10+. The predicted molar refractivity (Wildman–Crippen MR) is 62.8 cm³/mol. The van der Waals surface area contributed by atoms with E-state index in [0.29, 0.717) is 16.8 Å². The van der Waals surface area contributed by atoms with Gasteiger partial charge in [-0.1, -0.05) is 17.7 Å². The number of rotatable bonds is 3. The number of halogens is 2. The maximum atomic E-state index is 5.89. The number of nitrogens with zero attached hydrogens (tertiary/aromatic N) is 1. The second-order valence-electron chi connectivity index (χ2n) is 3.24. The molecule has 0 radical (unpaired) electrons. The first-order valence-electron chi connectivity index (χ1n) is 4.58. The highest BCUT2D eigenvalue weighted by atomic mass is 35.5. The molecule has 0 amide bonds. The molecule has 1 aliphatic carbocycles. The Kier molecular flexibility index (Phi) is 4.49. The molecule has 1 aliphatic rings. The van der Waals surface area contributed by atoms with Gasteiger partial charge in [-0.3, -0.25) is 4.99 Å². The van der Waals surface area contributed by atoms with Gasteiger partial charge in [-0.25, -0.2) is 0 Å². The third-order valence-corrected chi connectivity index (χ3v) is 2.90. The maximum absolute atomic E-state index is 5.89. The molecule has 0 aromatic carbocycles. The van der Waals surface area contributed by atoms with E-state index in [0.717, 1.165) is 24.8 Å². The van der Waals surface area contributed by atoms with E-state index in [1.54, 1.807) is 0 Å². The van der Waals surface area contributed by atoms with Crippen LogP contribution in [0.1, 0.15) is 19.3 Å². The predicted octanol–water partition coefficient (Wildman–Crippen LogP) is 3.02. The Morgan fingerprint density at radius 3 is 3.00 bits per heavy atom. The van der Waals surface area contributed by atoms with Crippen LogP contribution >= 0.6 is 23.2 Å². The lowest BCUT2D eigenvalue weighted by atomic mass is 10.0. The molecule has 1 saturated carbocycles. The molecule has 0 aromatic heterocycles. The Morgan fingerprint density at radius 2 is 2.43 bits per heavy atom. The molecule has 0 bridgehead atoms. The quantitative estimate of drug-likeness (QED) is 0.346. The molecule has 4 heteroatoms. The zero-order valence-corrected chi connectivity index (χ0v) is 9.48. The molecule has 0 heterocycles. The largest absolute Gasteiger partial charge is 0.396 e. The lowest BCUT2D eigenvalue weighted by Gasteiger charge is -2.09. The lowest BCUT2D eigenvalue weighted by Crippen LogP contribution is -2.11. The summed E-state index contributed by atoms with van der Waals surface area (Å²) in [5.74, 6) is 0.356. The van der Waals surface area contributed by atoms with Gasteiger partial charge >= 0.3 is 0 Å². The van der Waals surface area contributed by atoms with Crippen LogP contribution in [0, 0.1) is 5.92 Å². The second kappa shape index (κ2) is 5.42. The van der Waals surface area contributed by atoms with Crippen molar-refractivity contribution in [3.8, 4) is 0 Å². The Hall–Kier alpha value is -0.470. The van der Waals surface area contributed by atoms with Crippen molar-refractivity contribution in [3.05, 3.63) is 23.9 Å². The Bertz CT molecular complexity index is 282. The van der Waals surface area contributed by atoms with Gasteiger partial charge in [-0.15, -0.1) is 18.2 Å². The van der Waals surface area contributed by atoms with Crippen molar-refractivity contribution in [2.24, 2.45) is 16.6 Å². The number of hydrogen-bond donors (Lipinski definition) is 1. The monoisotopic (exact) mass is 232 g/mol. The fourth-order valence-electron chi connectivity index (χ4n) is 1.74. The summed E-state index contributed by atoms with van der Waals surface area (Å²) >= 11 is 11.3. The minimum Gasteiger partial charge on any atom is -0.396 e. The van der Waals surface area contributed by atoms with Crippen molar-refractivity contribution in [1.82, 2.24) is 0 Å². The lowest BCUT2D eigenvalue weighted by molar-refractivity contribution is 0.764. The molecule has 2 nitrogen and oxygen atoms in total. The zero-order valence-electron chi connectivity index (χ0n) is 7.97. The molecular weight excluding hydrogens is 219 g/mol. The van der Waals surface area contributed by atoms with Crippen LogP contribution in [0.2, 0.25) is 0 Å². The van der Waals surface area contributed by atoms with Crippen molar-refractivity contribution in [2.75, 3.05) is 6.00 Å². The average molecular weight is 233 g/mol. The second-order valence-corrected chi connectivity index (χ2v) is 3.84. The highest BCUT2D eigenvalue weighted by Crippen LogP contribution is 2.33. The van der Waals surface area contributed by atoms with E-state index in [1.165, 1.54) is 0 Å². The first kappa shape index (κ1) is 11.6. The van der Waals surface area contributed by atoms with Crippen molar-refractivity contribution in [3.63, 3.8) is 0 Å². The van der Waals surface area contributed by atoms with Gasteiger partial charge in [0, 0.05) is 0 Å². The number of alkyl halides is 1. The van der Waals surface area contributed by atoms with Crippen LogP contribution in [0.3, 0.4) is 0 Å². The summed E-state index contributed by atoms with van der Waals surface area (Å²) in [5, 5.41) is 0.323. The third-order valence-electron chi connectivity index (χ3n) is 2.46. The highest BCUT2D eigenvalue weighted by molar-refractivity contribution is 6.69. The first-order valence-corrected chi connectivity index (χ1v) is 5.49. The van der Waals surface area contributed by atoms with E-state index in [-0.39, 0.29) is 6.00 Å². The van der Waals surface area contributed by atoms with Crippen molar-refractivity contribution in [2.45, 2.75) is 19.3 Å². The van der Waals surface area contributed by atoms with E-state index >= 15 is 0 Å². The van der Waals surface area contributed by atoms with E-state index < -0.39 is 0 Å². The summed E-state index contributed by atoms with van der Waals surface area (Å²) in [5.41, 5.74) is 7.62. The summed E-state index contributed by atoms with van der Waals surface area (Å²) in [6.45, 7) is 3.78. The van der Waals surface area contributed by atoms with Gasteiger partial charge in [0.05, 0.1) is 5.70 Å². The molecule has 0 saturated heterocycles. The van der Waals surface area contributed by atoms with E-state index in [4.69, 9.17) is 28.9 Å². The summed E-state index contributed by atoms with van der Waals surface area (Å²) in [7, 11) is 0. The smallest absolute Gasteiger partial charge is 0.147 e. The van der Waals surface area contributed by atoms with E-state index in [1.807, 2.05) is 6.08 Å². The Labute approximate surface area is 94.5 Å². The van der Waals surface area contributed by atoms with Crippen LogP contribution in [0.5, 0.6) is 0 Å². The van der Waals surface area contributed by atoms with Crippen LogP contribution in [0.15, 0.2) is 28.9 Å². The molecule has 0 spiro atoms. The Balaban J connectivity index is 2.91. The van der Waals surface area contributed by atoms with Crippen LogP contribution in [-0.2, 0) is 0 Å². The summed E-state index contributed by atoms with van der Waals surface area (Å²) in [4.78, 5) is 3.87. The fourth-order valence-corrected chi connectivity index (χ4v) is 2.10. The van der Waals surface area contributed by atoms with Gasteiger partial charge < -0.3 is 5.73 Å². The number of aliphatic imine (C=N–C) groups is 1. The molecule has 1 atom stereocenters. The molecule has 2 N–H and O–H groups in total. The van der Waals surface area contributed by atoms with Crippen molar-refractivity contribution in [1.29, 1.82) is 0 Å². The molecule has 0 aromatic rings. The van der Waals surface area contributed by atoms with Crippen LogP contribution in [0.25, 0.3) is 0 Å². The summed E-state index contributed by atoms with van der Waals surface area (Å²) in [6.07, 6.45) is 5.14. The van der Waals surface area contributed by atoms with Gasteiger partial charge in [0.15, 0.2) is 0 Å². The molecule has 78 valence electrons. The van der Waals surface area contributed by atoms with Gasteiger partial charge in [0.2, 0.25) is 0 Å². The molecular formula is C10H14Cl2N2. The average Bonchev–Trinajstić information content (AvgIpc) is 2.64. The van der Waals surface area contributed by atoms with Gasteiger partial charge in [0.25, 0.3) is 0 Å². The van der Waals surface area contributed by atoms with Crippen molar-refractivity contribution >= 4 is 28.4 Å². The Morgan fingerprint density at radius 1 is 1.71 bits per heavy atom. The summed E-state index contributed by atoms with van der Waals surface area (Å²) < 4.78 is 0. The number of hydrogen-bond acceptors (Lipinski definition) is 2. The zero-order chi connectivity index (χ0) is 10.6. The van der Waals surface area contributed by atoms with Crippen LogP contribution in [-0.4, -0.2) is 11.2 Å². The SMILES string of the molecule is C=CC1CCC/C1=C(N)/C(Cl)=N\CCl. The van der Waals surface area contributed by atoms with E-state index in [9.17, 15) is 0 Å². The highest BCUT2D eigenvalue weighted by Gasteiger charge is 2.21. The number of allylic oxidation sites excluding steroid dienone is 3. The van der Waals surface area contributed by atoms with Crippen molar-refractivity contribution < 1.29 is 0 Å². The minimum atomic E-state index is 0.144. The molecule has 14 heavy (non-hydrogen) atoms. The normalized spacial score (nSPS) is 26.4. The molecule has 1 fully saturated rings. The molecule has 1 unspecified atom stereocenters. The third kappa shape index (κ3) is 2.52. The van der Waals surface area contributed by atoms with Gasteiger partial charge in [-0.2, -0.15) is 0 Å². The topological polar surface area (TPSA) is 38.4 Å². The molecule has 0 aliphatic heterocycles. The first-order chi connectivity index (χ1) is 6.70.